The maximum absolute atomic E-state index is 13.0. The highest BCUT2D eigenvalue weighted by atomic mass is 16.3. The van der Waals surface area contributed by atoms with E-state index in [1.165, 1.54) is 0 Å². The van der Waals surface area contributed by atoms with E-state index in [1.807, 2.05) is 54.7 Å². The molecule has 3 aromatic rings. The van der Waals surface area contributed by atoms with Crippen molar-refractivity contribution in [2.24, 2.45) is 0 Å². The van der Waals surface area contributed by atoms with E-state index < -0.39 is 6.10 Å². The molecule has 0 spiro atoms. The van der Waals surface area contributed by atoms with Gasteiger partial charge in [0.2, 0.25) is 0 Å². The normalized spacial score (nSPS) is 23.1. The zero-order valence-corrected chi connectivity index (χ0v) is 16.2. The number of para-hydroxylation sites is 1. The average molecular weight is 391 g/mol. The van der Waals surface area contributed by atoms with Crippen LogP contribution in [0.1, 0.15) is 10.5 Å². The van der Waals surface area contributed by atoms with E-state index in [0.29, 0.717) is 18.8 Å². The van der Waals surface area contributed by atoms with Crippen LogP contribution in [0.5, 0.6) is 0 Å². The Morgan fingerprint density at radius 3 is 2.59 bits per heavy atom. The second-order valence-electron chi connectivity index (χ2n) is 7.83. The summed E-state index contributed by atoms with van der Waals surface area (Å²) in [6.45, 7) is 4.38. The number of aromatic nitrogens is 2. The Morgan fingerprint density at radius 2 is 1.83 bits per heavy atom. The molecule has 0 bridgehead atoms. The van der Waals surface area contributed by atoms with Crippen molar-refractivity contribution in [1.82, 2.24) is 19.8 Å². The molecule has 7 heteroatoms. The molecule has 150 valence electrons. The van der Waals surface area contributed by atoms with Gasteiger partial charge in [-0.15, -0.1) is 0 Å². The Labute approximate surface area is 169 Å². The van der Waals surface area contributed by atoms with E-state index in [-0.39, 0.29) is 11.9 Å². The summed E-state index contributed by atoms with van der Waals surface area (Å²) in [6.07, 6.45) is 1.29. The minimum atomic E-state index is -0.523. The number of β-amino-alcohol motifs (C(OH)–C–C–N with tert-alkyl or cyclic N) is 1. The summed E-state index contributed by atoms with van der Waals surface area (Å²) >= 11 is 0. The van der Waals surface area contributed by atoms with Crippen molar-refractivity contribution in [3.63, 3.8) is 0 Å². The number of likely N-dealkylation sites (tertiary alicyclic amines) is 1. The average Bonchev–Trinajstić information content (AvgIpc) is 3.38. The Balaban J connectivity index is 1.23. The van der Waals surface area contributed by atoms with E-state index in [4.69, 9.17) is 0 Å². The summed E-state index contributed by atoms with van der Waals surface area (Å²) in [7, 11) is 0. The predicted molar refractivity (Wildman–Crippen MR) is 112 cm³/mol. The second-order valence-corrected chi connectivity index (χ2v) is 7.83. The molecule has 0 radical (unpaired) electrons. The standard InChI is InChI=1S/C22H25N5O2/c28-20-15-27(22(29)18-13-16-5-1-2-6-17(16)24-18)14-19(20)25-9-11-26(12-10-25)21-7-3-4-8-23-21/h1-8,13,19-20,24,28H,9-12,14-15H2/t19-,20-/m1/s1. The van der Waals surface area contributed by atoms with Crippen LogP contribution in [0.3, 0.4) is 0 Å². The fraction of sp³-hybridized carbons (Fsp3) is 0.364. The van der Waals surface area contributed by atoms with Crippen LogP contribution in [0.4, 0.5) is 5.82 Å². The number of anilines is 1. The zero-order valence-electron chi connectivity index (χ0n) is 16.2. The number of aliphatic hydroxyl groups excluding tert-OH is 1. The van der Waals surface area contributed by atoms with E-state index in [9.17, 15) is 9.90 Å². The van der Waals surface area contributed by atoms with Gasteiger partial charge in [-0.2, -0.15) is 0 Å². The van der Waals surface area contributed by atoms with Gasteiger partial charge < -0.3 is 19.9 Å². The third-order valence-electron chi connectivity index (χ3n) is 6.06. The predicted octanol–water partition coefficient (Wildman–Crippen LogP) is 1.57. The van der Waals surface area contributed by atoms with Crippen LogP contribution in [0.25, 0.3) is 10.9 Å². The van der Waals surface area contributed by atoms with Gasteiger partial charge in [0.1, 0.15) is 11.5 Å². The van der Waals surface area contributed by atoms with Crippen molar-refractivity contribution in [3.8, 4) is 0 Å². The summed E-state index contributed by atoms with van der Waals surface area (Å²) in [5, 5.41) is 11.7. The number of H-pyrrole nitrogens is 1. The summed E-state index contributed by atoms with van der Waals surface area (Å²) in [6, 6.07) is 15.7. The molecular weight excluding hydrogens is 366 g/mol. The molecule has 29 heavy (non-hydrogen) atoms. The van der Waals surface area contributed by atoms with Gasteiger partial charge in [0.05, 0.1) is 12.1 Å². The Kier molecular flexibility index (Phi) is 4.69. The van der Waals surface area contributed by atoms with Crippen molar-refractivity contribution in [2.45, 2.75) is 12.1 Å². The number of pyridine rings is 1. The van der Waals surface area contributed by atoms with Gasteiger partial charge in [-0.25, -0.2) is 4.98 Å². The molecule has 0 unspecified atom stereocenters. The minimum Gasteiger partial charge on any atom is -0.390 e. The molecule has 2 fully saturated rings. The molecule has 0 aliphatic carbocycles. The van der Waals surface area contributed by atoms with Crippen LogP contribution in [0.2, 0.25) is 0 Å². The third-order valence-corrected chi connectivity index (χ3v) is 6.06. The maximum atomic E-state index is 13.0. The van der Waals surface area contributed by atoms with Gasteiger partial charge in [-0.1, -0.05) is 24.3 Å². The largest absolute Gasteiger partial charge is 0.390 e. The fourth-order valence-electron chi connectivity index (χ4n) is 4.48. The summed E-state index contributed by atoms with van der Waals surface area (Å²) in [5.41, 5.74) is 1.54. The van der Waals surface area contributed by atoms with Gasteiger partial charge in [0, 0.05) is 56.4 Å². The van der Waals surface area contributed by atoms with Crippen LogP contribution in [-0.4, -0.2) is 82.2 Å². The summed E-state index contributed by atoms with van der Waals surface area (Å²) in [4.78, 5) is 27.0. The first kappa shape index (κ1) is 18.1. The van der Waals surface area contributed by atoms with Crippen LogP contribution in [-0.2, 0) is 0 Å². The van der Waals surface area contributed by atoms with Gasteiger partial charge in [-0.3, -0.25) is 9.69 Å². The highest BCUT2D eigenvalue weighted by molar-refractivity contribution is 5.98. The number of carbonyl (C=O) groups excluding carboxylic acids is 1. The molecule has 2 aliphatic rings. The Bertz CT molecular complexity index is 964. The van der Waals surface area contributed by atoms with Gasteiger partial charge in [0.25, 0.3) is 5.91 Å². The first-order chi connectivity index (χ1) is 14.2. The van der Waals surface area contributed by atoms with Crippen molar-refractivity contribution in [3.05, 3.63) is 60.4 Å². The number of amides is 1. The number of aromatic amines is 1. The van der Waals surface area contributed by atoms with Crippen LogP contribution in [0.15, 0.2) is 54.7 Å². The molecule has 2 N–H and O–H groups in total. The number of hydrogen-bond donors (Lipinski definition) is 2. The molecule has 0 saturated carbocycles. The zero-order chi connectivity index (χ0) is 19.8. The lowest BCUT2D eigenvalue weighted by molar-refractivity contribution is 0.0751. The van der Waals surface area contributed by atoms with E-state index >= 15 is 0 Å². The molecule has 5 rings (SSSR count). The van der Waals surface area contributed by atoms with Crippen LogP contribution in [0, 0.1) is 0 Å². The monoisotopic (exact) mass is 391 g/mol. The smallest absolute Gasteiger partial charge is 0.270 e. The van der Waals surface area contributed by atoms with Crippen molar-refractivity contribution < 1.29 is 9.90 Å². The van der Waals surface area contributed by atoms with Crippen LogP contribution < -0.4 is 4.90 Å². The third kappa shape index (κ3) is 3.47. The van der Waals surface area contributed by atoms with Gasteiger partial charge in [-0.05, 0) is 24.3 Å². The second kappa shape index (κ2) is 7.50. The van der Waals surface area contributed by atoms with Crippen molar-refractivity contribution >= 4 is 22.6 Å². The molecule has 4 heterocycles. The number of rotatable bonds is 3. The SMILES string of the molecule is O=C(c1cc2ccccc2[nH]1)N1C[C@@H](O)[C@H](N2CCN(c3ccccn3)CC2)C1. The lowest BCUT2D eigenvalue weighted by Crippen LogP contribution is -2.54. The highest BCUT2D eigenvalue weighted by Gasteiger charge is 2.39. The number of carbonyl (C=O) groups is 1. The molecule has 1 amide bonds. The Hall–Kier alpha value is -2.90. The quantitative estimate of drug-likeness (QED) is 0.709. The number of nitrogens with one attached hydrogen (secondary N) is 1. The van der Waals surface area contributed by atoms with E-state index in [0.717, 1.165) is 42.9 Å². The number of benzene rings is 1. The number of nitrogens with zero attached hydrogens (tertiary/aromatic N) is 4. The fourth-order valence-corrected chi connectivity index (χ4v) is 4.48. The number of piperazine rings is 1. The number of aliphatic hydroxyl groups is 1. The first-order valence-electron chi connectivity index (χ1n) is 10.1. The number of fused-ring (bicyclic) bond motifs is 1. The van der Waals surface area contributed by atoms with Gasteiger partial charge >= 0.3 is 0 Å². The molecule has 2 saturated heterocycles. The van der Waals surface area contributed by atoms with E-state index in [1.54, 1.807) is 4.90 Å². The maximum Gasteiger partial charge on any atom is 0.270 e. The molecule has 2 aliphatic heterocycles. The lowest BCUT2D eigenvalue weighted by Gasteiger charge is -2.39. The number of hydrogen-bond acceptors (Lipinski definition) is 5. The lowest BCUT2D eigenvalue weighted by atomic mass is 10.1. The summed E-state index contributed by atoms with van der Waals surface area (Å²) in [5.74, 6) is 0.949. The van der Waals surface area contributed by atoms with Crippen molar-refractivity contribution in [1.29, 1.82) is 0 Å². The minimum absolute atomic E-state index is 0.0192. The molecular formula is C22H25N5O2. The molecule has 7 nitrogen and oxygen atoms in total. The van der Waals surface area contributed by atoms with Gasteiger partial charge in [0.15, 0.2) is 0 Å². The Morgan fingerprint density at radius 1 is 1.03 bits per heavy atom. The molecule has 2 atom stereocenters. The van der Waals surface area contributed by atoms with E-state index in [2.05, 4.69) is 19.8 Å². The molecule has 2 aromatic heterocycles. The van der Waals surface area contributed by atoms with Crippen molar-refractivity contribution in [2.75, 3.05) is 44.2 Å². The highest BCUT2D eigenvalue weighted by Crippen LogP contribution is 2.23. The molecule has 1 aromatic carbocycles. The first-order valence-corrected chi connectivity index (χ1v) is 10.1. The topological polar surface area (TPSA) is 75.7 Å². The van der Waals surface area contributed by atoms with Crippen LogP contribution >= 0.6 is 0 Å². The summed E-state index contributed by atoms with van der Waals surface area (Å²) < 4.78 is 0.